The largest absolute Gasteiger partial charge is 0.494 e. The first-order chi connectivity index (χ1) is 11.3. The third-order valence-electron chi connectivity index (χ3n) is 3.48. The SMILES string of the molecule is COc1cc(-c2onc(NCC(C)(C)CO)c2C(=O)O)ccc1F. The van der Waals surface area contributed by atoms with Crippen LogP contribution >= 0.6 is 0 Å². The highest BCUT2D eigenvalue weighted by Crippen LogP contribution is 2.32. The van der Waals surface area contributed by atoms with Crippen LogP contribution in [0.5, 0.6) is 5.75 Å². The summed E-state index contributed by atoms with van der Waals surface area (Å²) in [5.41, 5.74) is -0.307. The molecule has 1 heterocycles. The number of aliphatic hydroxyl groups is 1. The average Bonchev–Trinajstić information content (AvgIpc) is 2.98. The number of methoxy groups -OCH3 is 1. The van der Waals surface area contributed by atoms with E-state index in [4.69, 9.17) is 9.26 Å². The Hall–Kier alpha value is -2.61. The monoisotopic (exact) mass is 338 g/mol. The van der Waals surface area contributed by atoms with E-state index in [0.29, 0.717) is 12.1 Å². The second-order valence-electron chi connectivity index (χ2n) is 6.07. The third kappa shape index (κ3) is 3.65. The molecule has 0 unspecified atom stereocenters. The number of ether oxygens (including phenoxy) is 1. The fourth-order valence-electron chi connectivity index (χ4n) is 1.99. The number of carboxylic acid groups (broad SMARTS) is 1. The summed E-state index contributed by atoms with van der Waals surface area (Å²) in [6, 6.07) is 3.88. The van der Waals surface area contributed by atoms with Gasteiger partial charge in [0.2, 0.25) is 0 Å². The second kappa shape index (κ2) is 6.88. The Morgan fingerprint density at radius 3 is 2.75 bits per heavy atom. The van der Waals surface area contributed by atoms with Crippen LogP contribution in [-0.2, 0) is 0 Å². The van der Waals surface area contributed by atoms with Crippen molar-refractivity contribution in [1.29, 1.82) is 0 Å². The van der Waals surface area contributed by atoms with E-state index in [1.807, 2.05) is 13.8 Å². The maximum atomic E-state index is 13.5. The number of nitrogens with one attached hydrogen (secondary N) is 1. The molecule has 0 amide bonds. The van der Waals surface area contributed by atoms with E-state index in [9.17, 15) is 19.4 Å². The molecule has 1 aromatic heterocycles. The quantitative estimate of drug-likeness (QED) is 0.712. The lowest BCUT2D eigenvalue weighted by atomic mass is 9.95. The van der Waals surface area contributed by atoms with Crippen molar-refractivity contribution >= 4 is 11.8 Å². The Balaban J connectivity index is 2.40. The second-order valence-corrected chi connectivity index (χ2v) is 6.07. The van der Waals surface area contributed by atoms with Crippen LogP contribution in [0, 0.1) is 11.2 Å². The number of hydrogen-bond acceptors (Lipinski definition) is 6. The van der Waals surface area contributed by atoms with Crippen LogP contribution in [0.25, 0.3) is 11.3 Å². The van der Waals surface area contributed by atoms with Crippen molar-refractivity contribution in [2.24, 2.45) is 5.41 Å². The topological polar surface area (TPSA) is 105 Å². The Bertz CT molecular complexity index is 742. The van der Waals surface area contributed by atoms with Gasteiger partial charge in [0.15, 0.2) is 28.7 Å². The minimum absolute atomic E-state index is 0.00916. The number of carbonyl (C=O) groups is 1. The summed E-state index contributed by atoms with van der Waals surface area (Å²) in [6.07, 6.45) is 0. The Kier molecular flexibility index (Phi) is 5.08. The number of anilines is 1. The van der Waals surface area contributed by atoms with Crippen LogP contribution < -0.4 is 10.1 Å². The van der Waals surface area contributed by atoms with Crippen molar-refractivity contribution in [2.45, 2.75) is 13.8 Å². The molecule has 0 aliphatic rings. The van der Waals surface area contributed by atoms with E-state index >= 15 is 0 Å². The van der Waals surface area contributed by atoms with E-state index in [1.54, 1.807) is 0 Å². The van der Waals surface area contributed by atoms with Gasteiger partial charge in [-0.3, -0.25) is 0 Å². The molecule has 0 bridgehead atoms. The zero-order valence-corrected chi connectivity index (χ0v) is 13.6. The van der Waals surface area contributed by atoms with Gasteiger partial charge in [-0.1, -0.05) is 19.0 Å². The van der Waals surface area contributed by atoms with Gasteiger partial charge < -0.3 is 24.8 Å². The van der Waals surface area contributed by atoms with Crippen LogP contribution in [0.1, 0.15) is 24.2 Å². The molecule has 7 nitrogen and oxygen atoms in total. The maximum absolute atomic E-state index is 13.5. The van der Waals surface area contributed by atoms with E-state index in [2.05, 4.69) is 10.5 Å². The van der Waals surface area contributed by atoms with E-state index in [-0.39, 0.29) is 29.5 Å². The van der Waals surface area contributed by atoms with E-state index in [0.717, 1.165) is 6.07 Å². The molecule has 24 heavy (non-hydrogen) atoms. The molecule has 0 aliphatic heterocycles. The number of aromatic nitrogens is 1. The van der Waals surface area contributed by atoms with Crippen LogP contribution in [0.2, 0.25) is 0 Å². The fraction of sp³-hybridized carbons (Fsp3) is 0.375. The first-order valence-corrected chi connectivity index (χ1v) is 7.20. The standard InChI is InChI=1S/C16H19FN2O5/c1-16(2,8-20)7-18-14-12(15(21)22)13(24-19-14)9-4-5-10(17)11(6-9)23-3/h4-6,20H,7-8H2,1-3H3,(H,18,19)(H,21,22). The number of hydrogen-bond donors (Lipinski definition) is 3. The molecule has 0 saturated carbocycles. The Morgan fingerprint density at radius 1 is 1.46 bits per heavy atom. The molecule has 3 N–H and O–H groups in total. The molecule has 0 spiro atoms. The number of nitrogens with zero attached hydrogens (tertiary/aromatic N) is 1. The van der Waals surface area contributed by atoms with Crippen LogP contribution in [-0.4, -0.2) is 41.6 Å². The highest BCUT2D eigenvalue weighted by molar-refractivity contribution is 5.99. The van der Waals surface area contributed by atoms with Crippen molar-refractivity contribution in [3.8, 4) is 17.1 Å². The minimum atomic E-state index is -1.24. The molecule has 2 aromatic rings. The fourth-order valence-corrected chi connectivity index (χ4v) is 1.99. The Labute approximate surface area is 138 Å². The predicted octanol–water partition coefficient (Wildman–Crippen LogP) is 2.62. The predicted molar refractivity (Wildman–Crippen MR) is 84.8 cm³/mol. The molecule has 0 radical (unpaired) electrons. The lowest BCUT2D eigenvalue weighted by Crippen LogP contribution is -2.27. The van der Waals surface area contributed by atoms with Crippen molar-refractivity contribution in [1.82, 2.24) is 5.16 Å². The first kappa shape index (κ1) is 17.7. The lowest BCUT2D eigenvalue weighted by Gasteiger charge is -2.21. The highest BCUT2D eigenvalue weighted by Gasteiger charge is 2.26. The molecule has 8 heteroatoms. The van der Waals surface area contributed by atoms with Crippen LogP contribution in [0.3, 0.4) is 0 Å². The van der Waals surface area contributed by atoms with Gasteiger partial charge in [-0.2, -0.15) is 0 Å². The minimum Gasteiger partial charge on any atom is -0.494 e. The molecule has 130 valence electrons. The highest BCUT2D eigenvalue weighted by atomic mass is 19.1. The summed E-state index contributed by atoms with van der Waals surface area (Å²) < 4.78 is 23.6. The molecular weight excluding hydrogens is 319 g/mol. The molecule has 1 aromatic carbocycles. The molecule has 0 aliphatic carbocycles. The summed E-state index contributed by atoms with van der Waals surface area (Å²) in [7, 11) is 1.31. The number of carboxylic acids is 1. The van der Waals surface area contributed by atoms with E-state index in [1.165, 1.54) is 19.2 Å². The van der Waals surface area contributed by atoms with E-state index < -0.39 is 17.2 Å². The van der Waals surface area contributed by atoms with Gasteiger partial charge in [-0.25, -0.2) is 9.18 Å². The van der Waals surface area contributed by atoms with Gasteiger partial charge in [0.1, 0.15) is 0 Å². The van der Waals surface area contributed by atoms with Gasteiger partial charge in [-0.05, 0) is 18.2 Å². The summed E-state index contributed by atoms with van der Waals surface area (Å²) in [4.78, 5) is 11.6. The van der Waals surface area contributed by atoms with Crippen LogP contribution in [0.4, 0.5) is 10.2 Å². The van der Waals surface area contributed by atoms with Gasteiger partial charge in [0.25, 0.3) is 0 Å². The van der Waals surface area contributed by atoms with Crippen molar-refractivity contribution < 1.29 is 28.7 Å². The van der Waals surface area contributed by atoms with Crippen molar-refractivity contribution in [3.63, 3.8) is 0 Å². The number of halogens is 1. The molecule has 0 saturated heterocycles. The number of aliphatic hydroxyl groups excluding tert-OH is 1. The average molecular weight is 338 g/mol. The number of aromatic carboxylic acids is 1. The maximum Gasteiger partial charge on any atom is 0.343 e. The molecule has 0 fully saturated rings. The zero-order chi connectivity index (χ0) is 17.9. The molecule has 2 rings (SSSR count). The first-order valence-electron chi connectivity index (χ1n) is 7.20. The van der Waals surface area contributed by atoms with Gasteiger partial charge >= 0.3 is 5.97 Å². The van der Waals surface area contributed by atoms with Gasteiger partial charge in [0, 0.05) is 24.1 Å². The third-order valence-corrected chi connectivity index (χ3v) is 3.48. The normalized spacial score (nSPS) is 11.4. The number of rotatable bonds is 7. The molecular formula is C16H19FN2O5. The summed E-state index contributed by atoms with van der Waals surface area (Å²) in [6.45, 7) is 3.84. The van der Waals surface area contributed by atoms with Crippen LogP contribution in [0.15, 0.2) is 22.7 Å². The lowest BCUT2D eigenvalue weighted by molar-refractivity contribution is 0.0698. The summed E-state index contributed by atoms with van der Waals surface area (Å²) in [5.74, 6) is -1.80. The van der Waals surface area contributed by atoms with Crippen molar-refractivity contribution in [3.05, 3.63) is 29.6 Å². The van der Waals surface area contributed by atoms with Gasteiger partial charge in [-0.15, -0.1) is 0 Å². The smallest absolute Gasteiger partial charge is 0.343 e. The van der Waals surface area contributed by atoms with Crippen molar-refractivity contribution in [2.75, 3.05) is 25.6 Å². The molecule has 0 atom stereocenters. The Morgan fingerprint density at radius 2 is 2.17 bits per heavy atom. The summed E-state index contributed by atoms with van der Waals surface area (Å²) in [5, 5.41) is 25.3. The summed E-state index contributed by atoms with van der Waals surface area (Å²) >= 11 is 0. The van der Waals surface area contributed by atoms with Gasteiger partial charge in [0.05, 0.1) is 7.11 Å². The zero-order valence-electron chi connectivity index (χ0n) is 13.6. The number of benzene rings is 1.